The number of hydrogen-bond donors (Lipinski definition) is 1. The highest BCUT2D eigenvalue weighted by Crippen LogP contribution is 2.27. The maximum absolute atomic E-state index is 5.22. The molecule has 2 atom stereocenters. The lowest BCUT2D eigenvalue weighted by Crippen LogP contribution is -2.41. The highest BCUT2D eigenvalue weighted by molar-refractivity contribution is 5.55. The summed E-state index contributed by atoms with van der Waals surface area (Å²) < 4.78 is 9.31. The molecule has 0 aliphatic carbocycles. The maximum atomic E-state index is 5.22. The monoisotopic (exact) mass is 459 g/mol. The third-order valence-corrected chi connectivity index (χ3v) is 6.31. The molecule has 3 aromatic heterocycles. The molecule has 10 nitrogen and oxygen atoms in total. The molecule has 34 heavy (non-hydrogen) atoms. The number of nitrogens with one attached hydrogen (secondary N) is 1. The predicted molar refractivity (Wildman–Crippen MR) is 126 cm³/mol. The summed E-state index contributed by atoms with van der Waals surface area (Å²) in [4.78, 5) is 4.39. The van der Waals surface area contributed by atoms with E-state index in [0.29, 0.717) is 13.2 Å². The SMILES string of the molecule is COCCCn1nnnc1C(NC1CCc2nnc(-c3ccccc3)n2C1)c1cnccc1C. The Morgan fingerprint density at radius 2 is 2.03 bits per heavy atom. The number of fused-ring (bicyclic) bond motifs is 1. The normalized spacial score (nSPS) is 16.4. The Morgan fingerprint density at radius 3 is 2.85 bits per heavy atom. The van der Waals surface area contributed by atoms with Crippen LogP contribution in [-0.2, 0) is 24.2 Å². The Balaban J connectivity index is 1.43. The number of tetrazole rings is 1. The number of aryl methyl sites for hydroxylation is 3. The van der Waals surface area contributed by atoms with Gasteiger partial charge in [0.1, 0.15) is 5.82 Å². The molecule has 0 spiro atoms. The van der Waals surface area contributed by atoms with Crippen LogP contribution in [0.1, 0.15) is 41.7 Å². The first-order chi connectivity index (χ1) is 16.7. The van der Waals surface area contributed by atoms with Crippen molar-refractivity contribution in [3.8, 4) is 11.4 Å². The smallest absolute Gasteiger partial charge is 0.172 e. The van der Waals surface area contributed by atoms with Gasteiger partial charge in [0.05, 0.1) is 6.04 Å². The van der Waals surface area contributed by atoms with Gasteiger partial charge in [0.15, 0.2) is 11.6 Å². The lowest BCUT2D eigenvalue weighted by molar-refractivity contribution is 0.188. The van der Waals surface area contributed by atoms with Crippen LogP contribution in [0.25, 0.3) is 11.4 Å². The molecular weight excluding hydrogens is 430 g/mol. The first kappa shape index (κ1) is 22.3. The van der Waals surface area contributed by atoms with E-state index >= 15 is 0 Å². The molecule has 176 valence electrons. The van der Waals surface area contributed by atoms with Crippen molar-refractivity contribution in [3.05, 3.63) is 71.6 Å². The standard InChI is InChI=1S/C24H29N9O/c1-17-11-12-25-15-20(17)22(24-29-30-31-33(24)13-6-14-34-2)26-19-9-10-21-27-28-23(32(21)16-19)18-7-4-3-5-8-18/h3-5,7-8,11-12,15,19,22,26H,6,9-10,13-14,16H2,1-2H3. The van der Waals surface area contributed by atoms with E-state index in [0.717, 1.165) is 60.0 Å². The van der Waals surface area contributed by atoms with Gasteiger partial charge in [0.25, 0.3) is 0 Å². The van der Waals surface area contributed by atoms with Gasteiger partial charge in [-0.15, -0.1) is 15.3 Å². The second-order valence-electron chi connectivity index (χ2n) is 8.59. The molecule has 4 heterocycles. The van der Waals surface area contributed by atoms with Gasteiger partial charge in [-0.1, -0.05) is 30.3 Å². The van der Waals surface area contributed by atoms with Crippen molar-refractivity contribution in [2.24, 2.45) is 0 Å². The summed E-state index contributed by atoms with van der Waals surface area (Å²) in [5, 5.41) is 25.4. The van der Waals surface area contributed by atoms with E-state index in [2.05, 4.69) is 59.6 Å². The van der Waals surface area contributed by atoms with Crippen molar-refractivity contribution in [1.29, 1.82) is 0 Å². The van der Waals surface area contributed by atoms with Crippen LogP contribution >= 0.6 is 0 Å². The van der Waals surface area contributed by atoms with Gasteiger partial charge in [0, 0.05) is 57.2 Å². The van der Waals surface area contributed by atoms with Crippen molar-refractivity contribution in [1.82, 2.24) is 45.3 Å². The molecule has 0 radical (unpaired) electrons. The lowest BCUT2D eigenvalue weighted by atomic mass is 9.99. The van der Waals surface area contributed by atoms with Gasteiger partial charge in [0.2, 0.25) is 0 Å². The predicted octanol–water partition coefficient (Wildman–Crippen LogP) is 2.37. The van der Waals surface area contributed by atoms with Crippen LogP contribution in [0.3, 0.4) is 0 Å². The molecule has 1 aliphatic heterocycles. The number of benzene rings is 1. The number of hydrogen-bond acceptors (Lipinski definition) is 8. The van der Waals surface area contributed by atoms with Crippen LogP contribution in [0.4, 0.5) is 0 Å². The molecule has 0 amide bonds. The summed E-state index contributed by atoms with van der Waals surface area (Å²) in [5.74, 6) is 2.71. The third kappa shape index (κ3) is 4.59. The fourth-order valence-corrected chi connectivity index (χ4v) is 4.52. The number of methoxy groups -OCH3 is 1. The number of rotatable bonds is 9. The first-order valence-corrected chi connectivity index (χ1v) is 11.6. The molecule has 1 aliphatic rings. The van der Waals surface area contributed by atoms with E-state index in [-0.39, 0.29) is 12.1 Å². The van der Waals surface area contributed by atoms with Crippen molar-refractivity contribution < 1.29 is 4.74 Å². The fourth-order valence-electron chi connectivity index (χ4n) is 4.52. The zero-order valence-corrected chi connectivity index (χ0v) is 19.5. The average molecular weight is 460 g/mol. The molecule has 10 heteroatoms. The summed E-state index contributed by atoms with van der Waals surface area (Å²) in [6, 6.07) is 12.2. The molecule has 0 saturated heterocycles. The summed E-state index contributed by atoms with van der Waals surface area (Å²) in [6.45, 7) is 4.21. The van der Waals surface area contributed by atoms with E-state index in [4.69, 9.17) is 4.74 Å². The maximum Gasteiger partial charge on any atom is 0.172 e. The van der Waals surface area contributed by atoms with Crippen molar-refractivity contribution >= 4 is 0 Å². The Morgan fingerprint density at radius 1 is 1.15 bits per heavy atom. The molecule has 1 N–H and O–H groups in total. The highest BCUT2D eigenvalue weighted by atomic mass is 16.5. The number of ether oxygens (including phenoxy) is 1. The minimum Gasteiger partial charge on any atom is -0.385 e. The van der Waals surface area contributed by atoms with Crippen LogP contribution in [-0.4, -0.2) is 59.7 Å². The largest absolute Gasteiger partial charge is 0.385 e. The van der Waals surface area contributed by atoms with E-state index in [1.54, 1.807) is 7.11 Å². The molecule has 0 saturated carbocycles. The van der Waals surface area contributed by atoms with Crippen molar-refractivity contribution in [2.75, 3.05) is 13.7 Å². The van der Waals surface area contributed by atoms with Crippen LogP contribution in [0.5, 0.6) is 0 Å². The molecule has 0 fully saturated rings. The van der Waals surface area contributed by atoms with Crippen LogP contribution in [0, 0.1) is 6.92 Å². The van der Waals surface area contributed by atoms with E-state index in [1.165, 1.54) is 0 Å². The highest BCUT2D eigenvalue weighted by Gasteiger charge is 2.29. The topological polar surface area (TPSA) is 108 Å². The van der Waals surface area contributed by atoms with Crippen molar-refractivity contribution in [2.45, 2.75) is 51.4 Å². The van der Waals surface area contributed by atoms with Gasteiger partial charge in [-0.25, -0.2) is 4.68 Å². The quantitative estimate of drug-likeness (QED) is 0.380. The molecule has 1 aromatic carbocycles. The first-order valence-electron chi connectivity index (χ1n) is 11.6. The van der Waals surface area contributed by atoms with Gasteiger partial charge >= 0.3 is 0 Å². The second kappa shape index (κ2) is 10.2. The van der Waals surface area contributed by atoms with Crippen LogP contribution in [0.2, 0.25) is 0 Å². The Labute approximate surface area is 198 Å². The molecule has 5 rings (SSSR count). The zero-order valence-electron chi connectivity index (χ0n) is 19.5. The minimum absolute atomic E-state index is 0.186. The van der Waals surface area contributed by atoms with Gasteiger partial charge < -0.3 is 9.30 Å². The van der Waals surface area contributed by atoms with Gasteiger partial charge in [-0.2, -0.15) is 0 Å². The van der Waals surface area contributed by atoms with E-state index < -0.39 is 0 Å². The summed E-state index contributed by atoms with van der Waals surface area (Å²) >= 11 is 0. The second-order valence-corrected chi connectivity index (χ2v) is 8.59. The van der Waals surface area contributed by atoms with E-state index in [1.807, 2.05) is 41.3 Å². The van der Waals surface area contributed by atoms with E-state index in [9.17, 15) is 0 Å². The zero-order chi connectivity index (χ0) is 23.3. The molecule has 2 unspecified atom stereocenters. The number of nitrogens with zero attached hydrogens (tertiary/aromatic N) is 8. The Kier molecular flexibility index (Phi) is 6.68. The van der Waals surface area contributed by atoms with Crippen LogP contribution in [0.15, 0.2) is 48.8 Å². The fraction of sp³-hybridized carbons (Fsp3) is 0.417. The van der Waals surface area contributed by atoms with Crippen molar-refractivity contribution in [3.63, 3.8) is 0 Å². The summed E-state index contributed by atoms with van der Waals surface area (Å²) in [6.07, 6.45) is 6.36. The Hall–Kier alpha value is -3.50. The lowest BCUT2D eigenvalue weighted by Gasteiger charge is -2.30. The number of pyridine rings is 1. The van der Waals surface area contributed by atoms with Gasteiger partial charge in [-0.3, -0.25) is 10.3 Å². The summed E-state index contributed by atoms with van der Waals surface area (Å²) in [5.41, 5.74) is 3.29. The summed E-state index contributed by atoms with van der Waals surface area (Å²) in [7, 11) is 1.70. The van der Waals surface area contributed by atoms with Crippen LogP contribution < -0.4 is 5.32 Å². The molecule has 4 aromatic rings. The molecule has 0 bridgehead atoms. The number of aromatic nitrogens is 8. The third-order valence-electron chi connectivity index (χ3n) is 6.31. The molecular formula is C24H29N9O. The average Bonchev–Trinajstić information content (AvgIpc) is 3.51. The Bertz CT molecular complexity index is 1220. The van der Waals surface area contributed by atoms with Gasteiger partial charge in [-0.05, 0) is 47.4 Å². The minimum atomic E-state index is -0.186.